The number of ether oxygens (including phenoxy) is 1. The first-order valence-electron chi connectivity index (χ1n) is 5.81. The second-order valence-corrected chi connectivity index (χ2v) is 5.67. The van der Waals surface area contributed by atoms with E-state index in [1.165, 1.54) is 35.3 Å². The third kappa shape index (κ3) is 3.34. The fraction of sp³-hybridized carbons (Fsp3) is 0.250. The Morgan fingerprint density at radius 2 is 2.15 bits per heavy atom. The smallest absolute Gasteiger partial charge is 0.264 e. The minimum atomic E-state index is -3.96. The lowest BCUT2D eigenvalue weighted by molar-refractivity contribution is 0.183. The van der Waals surface area contributed by atoms with Gasteiger partial charge in [-0.15, -0.1) is 0 Å². The van der Waals surface area contributed by atoms with Crippen LogP contribution in [-0.4, -0.2) is 31.9 Å². The van der Waals surface area contributed by atoms with Gasteiger partial charge in [0.25, 0.3) is 10.0 Å². The topological polar surface area (TPSA) is 73.2 Å². The van der Waals surface area contributed by atoms with Gasteiger partial charge < -0.3 is 4.74 Å². The predicted octanol–water partition coefficient (Wildman–Crippen LogP) is 1.47. The van der Waals surface area contributed by atoms with Gasteiger partial charge in [-0.1, -0.05) is 12.1 Å². The summed E-state index contributed by atoms with van der Waals surface area (Å²) in [5.41, 5.74) is 0.268. The Morgan fingerprint density at radius 3 is 2.85 bits per heavy atom. The summed E-state index contributed by atoms with van der Waals surface area (Å²) < 4.78 is 46.3. The van der Waals surface area contributed by atoms with Crippen LogP contribution in [0, 0.1) is 5.82 Å². The van der Waals surface area contributed by atoms with Gasteiger partial charge in [0, 0.05) is 13.3 Å². The lowest BCUT2D eigenvalue weighted by atomic mass is 10.4. The van der Waals surface area contributed by atoms with Gasteiger partial charge in [0.05, 0.1) is 25.0 Å². The zero-order valence-corrected chi connectivity index (χ0v) is 11.6. The molecule has 0 atom stereocenters. The van der Waals surface area contributed by atoms with E-state index < -0.39 is 20.7 Å². The van der Waals surface area contributed by atoms with Crippen LogP contribution < -0.4 is 4.72 Å². The van der Waals surface area contributed by atoms with Crippen molar-refractivity contribution < 1.29 is 17.5 Å². The van der Waals surface area contributed by atoms with E-state index >= 15 is 0 Å². The van der Waals surface area contributed by atoms with Crippen molar-refractivity contribution >= 4 is 15.7 Å². The molecular formula is C12H14FN3O3S. The zero-order valence-electron chi connectivity index (χ0n) is 10.8. The Hall–Kier alpha value is -1.93. The Bertz CT molecular complexity index is 685. The predicted molar refractivity (Wildman–Crippen MR) is 71.3 cm³/mol. The molecule has 0 aliphatic heterocycles. The molecule has 0 radical (unpaired) electrons. The number of hydrogen-bond acceptors (Lipinski definition) is 4. The molecular weight excluding hydrogens is 285 g/mol. The van der Waals surface area contributed by atoms with Crippen molar-refractivity contribution in [2.45, 2.75) is 11.4 Å². The molecule has 0 unspecified atom stereocenters. The van der Waals surface area contributed by atoms with Gasteiger partial charge in [-0.3, -0.25) is 9.40 Å². The van der Waals surface area contributed by atoms with E-state index in [9.17, 15) is 12.8 Å². The highest BCUT2D eigenvalue weighted by Crippen LogP contribution is 2.17. The number of halogens is 1. The highest BCUT2D eigenvalue weighted by molar-refractivity contribution is 7.92. The summed E-state index contributed by atoms with van der Waals surface area (Å²) in [6, 6.07) is 5.18. The van der Waals surface area contributed by atoms with Crippen LogP contribution in [0.5, 0.6) is 0 Å². The number of benzene rings is 1. The highest BCUT2D eigenvalue weighted by Gasteiger charge is 2.19. The van der Waals surface area contributed by atoms with E-state index in [0.717, 1.165) is 6.07 Å². The summed E-state index contributed by atoms with van der Waals surface area (Å²) in [5, 5.41) is 3.97. The maximum Gasteiger partial charge on any atom is 0.264 e. The van der Waals surface area contributed by atoms with Gasteiger partial charge in [0.15, 0.2) is 0 Å². The Balaban J connectivity index is 2.16. The first kappa shape index (κ1) is 14.5. The monoisotopic (exact) mass is 299 g/mol. The molecule has 0 aliphatic carbocycles. The van der Waals surface area contributed by atoms with Crippen molar-refractivity contribution in [2.24, 2.45) is 0 Å². The Labute approximate surface area is 116 Å². The molecule has 0 fully saturated rings. The molecule has 1 aromatic carbocycles. The van der Waals surface area contributed by atoms with Gasteiger partial charge in [-0.2, -0.15) is 5.10 Å². The van der Waals surface area contributed by atoms with Crippen LogP contribution in [0.3, 0.4) is 0 Å². The molecule has 0 aliphatic rings. The molecule has 108 valence electrons. The molecule has 20 heavy (non-hydrogen) atoms. The summed E-state index contributed by atoms with van der Waals surface area (Å²) in [6.45, 7) is 0.957. The lowest BCUT2D eigenvalue weighted by Gasteiger charge is -2.06. The molecule has 0 bridgehead atoms. The van der Waals surface area contributed by atoms with Crippen LogP contribution in [0.15, 0.2) is 41.6 Å². The van der Waals surface area contributed by atoms with Crippen molar-refractivity contribution in [3.63, 3.8) is 0 Å². The van der Waals surface area contributed by atoms with Crippen molar-refractivity contribution in [1.82, 2.24) is 9.78 Å². The number of nitrogens with one attached hydrogen (secondary N) is 1. The number of aromatic nitrogens is 2. The van der Waals surface area contributed by atoms with Gasteiger partial charge in [-0.25, -0.2) is 12.8 Å². The number of anilines is 1. The maximum absolute atomic E-state index is 13.5. The molecule has 2 aromatic rings. The van der Waals surface area contributed by atoms with Gasteiger partial charge in [0.1, 0.15) is 10.7 Å². The van der Waals surface area contributed by atoms with E-state index in [1.54, 1.807) is 7.11 Å². The highest BCUT2D eigenvalue weighted by atomic mass is 32.2. The minimum absolute atomic E-state index is 0.268. The molecule has 2 rings (SSSR count). The second-order valence-electron chi connectivity index (χ2n) is 4.02. The Morgan fingerprint density at radius 1 is 1.40 bits per heavy atom. The zero-order chi connectivity index (χ0) is 14.6. The lowest BCUT2D eigenvalue weighted by Crippen LogP contribution is -2.14. The number of sulfonamides is 1. The third-order valence-electron chi connectivity index (χ3n) is 2.54. The van der Waals surface area contributed by atoms with E-state index in [2.05, 4.69) is 9.82 Å². The van der Waals surface area contributed by atoms with Crippen LogP contribution in [0.25, 0.3) is 0 Å². The van der Waals surface area contributed by atoms with Crippen molar-refractivity contribution in [2.75, 3.05) is 18.4 Å². The third-order valence-corrected chi connectivity index (χ3v) is 3.95. The van der Waals surface area contributed by atoms with Crippen LogP contribution >= 0.6 is 0 Å². The van der Waals surface area contributed by atoms with Crippen LogP contribution in [0.2, 0.25) is 0 Å². The van der Waals surface area contributed by atoms with Crippen molar-refractivity contribution in [1.29, 1.82) is 0 Å². The molecule has 1 N–H and O–H groups in total. The number of nitrogens with zero attached hydrogens (tertiary/aromatic N) is 2. The van der Waals surface area contributed by atoms with Crippen LogP contribution in [0.1, 0.15) is 0 Å². The van der Waals surface area contributed by atoms with Gasteiger partial charge in [-0.05, 0) is 12.1 Å². The van der Waals surface area contributed by atoms with Crippen molar-refractivity contribution in [3.8, 4) is 0 Å². The number of rotatable bonds is 6. The molecule has 1 aromatic heterocycles. The molecule has 6 nitrogen and oxygen atoms in total. The first-order valence-corrected chi connectivity index (χ1v) is 7.30. The van der Waals surface area contributed by atoms with E-state index in [-0.39, 0.29) is 5.69 Å². The SMILES string of the molecule is COCCn1cc(NS(=O)(=O)c2ccccc2F)cn1. The van der Waals surface area contributed by atoms with Gasteiger partial charge >= 0.3 is 0 Å². The van der Waals surface area contributed by atoms with Crippen molar-refractivity contribution in [3.05, 3.63) is 42.5 Å². The van der Waals surface area contributed by atoms with Crippen LogP contribution in [0.4, 0.5) is 10.1 Å². The van der Waals surface area contributed by atoms with Crippen LogP contribution in [-0.2, 0) is 21.3 Å². The average molecular weight is 299 g/mol. The molecule has 1 heterocycles. The second kappa shape index (κ2) is 6.02. The molecule has 0 saturated carbocycles. The normalized spacial score (nSPS) is 11.5. The molecule has 8 heteroatoms. The van der Waals surface area contributed by atoms with E-state index in [4.69, 9.17) is 4.74 Å². The standard InChI is InChI=1S/C12H14FN3O3S/c1-19-7-6-16-9-10(8-14-16)15-20(17,18)12-5-3-2-4-11(12)13/h2-5,8-9,15H,6-7H2,1H3. The molecule has 0 amide bonds. The maximum atomic E-state index is 13.5. The Kier molecular flexibility index (Phi) is 4.35. The molecule has 0 spiro atoms. The summed E-state index contributed by atoms with van der Waals surface area (Å²) in [6.07, 6.45) is 2.87. The average Bonchev–Trinajstić information content (AvgIpc) is 2.83. The number of methoxy groups -OCH3 is 1. The van der Waals surface area contributed by atoms with E-state index in [1.807, 2.05) is 0 Å². The minimum Gasteiger partial charge on any atom is -0.383 e. The molecule has 0 saturated heterocycles. The summed E-state index contributed by atoms with van der Waals surface area (Å²) in [7, 11) is -2.40. The summed E-state index contributed by atoms with van der Waals surface area (Å²) in [5.74, 6) is -0.799. The number of hydrogen-bond donors (Lipinski definition) is 1. The van der Waals surface area contributed by atoms with Gasteiger partial charge in [0.2, 0.25) is 0 Å². The largest absolute Gasteiger partial charge is 0.383 e. The quantitative estimate of drug-likeness (QED) is 0.876. The summed E-state index contributed by atoms with van der Waals surface area (Å²) in [4.78, 5) is -0.398. The van der Waals surface area contributed by atoms with E-state index in [0.29, 0.717) is 13.2 Å². The summed E-state index contributed by atoms with van der Waals surface area (Å²) >= 11 is 0. The fourth-order valence-corrected chi connectivity index (χ4v) is 2.70. The fourth-order valence-electron chi connectivity index (χ4n) is 1.60. The first-order chi connectivity index (χ1) is 9.53.